The van der Waals surface area contributed by atoms with Crippen LogP contribution in [0, 0.1) is 0 Å². The molecule has 0 aliphatic carbocycles. The lowest BCUT2D eigenvalue weighted by molar-refractivity contribution is -0.137. The largest absolute Gasteiger partial charge is 0.417 e. The number of halogens is 3. The molecule has 2 aromatic rings. The van der Waals surface area contributed by atoms with E-state index in [2.05, 4.69) is 4.98 Å². The van der Waals surface area contributed by atoms with Crippen molar-refractivity contribution in [1.82, 2.24) is 4.98 Å². The van der Waals surface area contributed by atoms with E-state index < -0.39 is 17.6 Å². The zero-order chi connectivity index (χ0) is 14.9. The SMILES string of the molecule is NC(=O)c1cnc(-c2ccccc2C(F)(F)F)cc1N. The molecule has 7 heteroatoms. The molecule has 4 N–H and O–H groups in total. The third kappa shape index (κ3) is 2.56. The maximum absolute atomic E-state index is 12.9. The van der Waals surface area contributed by atoms with E-state index in [9.17, 15) is 18.0 Å². The average molecular weight is 281 g/mol. The molecule has 1 amide bonds. The van der Waals surface area contributed by atoms with Crippen molar-refractivity contribution in [2.45, 2.75) is 6.18 Å². The predicted octanol–water partition coefficient (Wildman–Crippen LogP) is 2.45. The van der Waals surface area contributed by atoms with Crippen LogP contribution in [-0.2, 0) is 6.18 Å². The van der Waals surface area contributed by atoms with Gasteiger partial charge in [-0.1, -0.05) is 18.2 Å². The number of aromatic nitrogens is 1. The Morgan fingerprint density at radius 2 is 1.85 bits per heavy atom. The molecule has 0 spiro atoms. The Bertz CT molecular complexity index is 668. The van der Waals surface area contributed by atoms with Crippen molar-refractivity contribution >= 4 is 11.6 Å². The molecule has 104 valence electrons. The molecule has 0 aliphatic rings. The van der Waals surface area contributed by atoms with Crippen LogP contribution >= 0.6 is 0 Å². The number of hydrogen-bond donors (Lipinski definition) is 2. The highest BCUT2D eigenvalue weighted by Gasteiger charge is 2.33. The van der Waals surface area contributed by atoms with Crippen LogP contribution in [0.5, 0.6) is 0 Å². The van der Waals surface area contributed by atoms with Crippen LogP contribution in [0.3, 0.4) is 0 Å². The maximum atomic E-state index is 12.9. The van der Waals surface area contributed by atoms with Crippen LogP contribution in [0.15, 0.2) is 36.5 Å². The second kappa shape index (κ2) is 4.84. The Hall–Kier alpha value is -2.57. The molecule has 0 radical (unpaired) electrons. The van der Waals surface area contributed by atoms with E-state index in [1.165, 1.54) is 24.3 Å². The zero-order valence-corrected chi connectivity index (χ0v) is 10.1. The van der Waals surface area contributed by atoms with Crippen molar-refractivity contribution < 1.29 is 18.0 Å². The van der Waals surface area contributed by atoms with Gasteiger partial charge in [0.05, 0.1) is 16.8 Å². The molecule has 0 unspecified atom stereocenters. The molecular formula is C13H10F3N3O. The maximum Gasteiger partial charge on any atom is 0.417 e. The number of nitrogens with zero attached hydrogens (tertiary/aromatic N) is 1. The van der Waals surface area contributed by atoms with Gasteiger partial charge in [0.2, 0.25) is 0 Å². The summed E-state index contributed by atoms with van der Waals surface area (Å²) in [5, 5.41) is 0. The van der Waals surface area contributed by atoms with Crippen molar-refractivity contribution in [3.8, 4) is 11.3 Å². The van der Waals surface area contributed by atoms with Crippen molar-refractivity contribution in [3.05, 3.63) is 47.7 Å². The van der Waals surface area contributed by atoms with E-state index in [4.69, 9.17) is 11.5 Å². The van der Waals surface area contributed by atoms with Gasteiger partial charge in [0, 0.05) is 17.4 Å². The van der Waals surface area contributed by atoms with E-state index in [1.54, 1.807) is 0 Å². The summed E-state index contributed by atoms with van der Waals surface area (Å²) in [5.74, 6) is -0.786. The van der Waals surface area contributed by atoms with Gasteiger partial charge in [0.25, 0.3) is 5.91 Å². The lowest BCUT2D eigenvalue weighted by atomic mass is 10.0. The number of nitrogens with two attached hydrogens (primary N) is 2. The molecule has 1 heterocycles. The van der Waals surface area contributed by atoms with E-state index in [1.807, 2.05) is 0 Å². The molecule has 4 nitrogen and oxygen atoms in total. The summed E-state index contributed by atoms with van der Waals surface area (Å²) >= 11 is 0. The minimum Gasteiger partial charge on any atom is -0.398 e. The predicted molar refractivity (Wildman–Crippen MR) is 67.6 cm³/mol. The fourth-order valence-electron chi connectivity index (χ4n) is 1.78. The first kappa shape index (κ1) is 13.9. The van der Waals surface area contributed by atoms with Gasteiger partial charge in [-0.25, -0.2) is 0 Å². The molecule has 0 fully saturated rings. The molecular weight excluding hydrogens is 271 g/mol. The fraction of sp³-hybridized carbons (Fsp3) is 0.0769. The molecule has 20 heavy (non-hydrogen) atoms. The van der Waals surface area contributed by atoms with Crippen LogP contribution in [-0.4, -0.2) is 10.9 Å². The van der Waals surface area contributed by atoms with Gasteiger partial charge >= 0.3 is 6.18 Å². The number of anilines is 1. The Morgan fingerprint density at radius 3 is 2.40 bits per heavy atom. The minimum atomic E-state index is -4.50. The quantitative estimate of drug-likeness (QED) is 0.887. The van der Waals surface area contributed by atoms with Gasteiger partial charge in [-0.15, -0.1) is 0 Å². The van der Waals surface area contributed by atoms with E-state index in [0.717, 1.165) is 12.3 Å². The number of rotatable bonds is 2. The summed E-state index contributed by atoms with van der Waals surface area (Å²) in [6, 6.07) is 6.19. The highest BCUT2D eigenvalue weighted by Crippen LogP contribution is 2.36. The van der Waals surface area contributed by atoms with Crippen molar-refractivity contribution in [1.29, 1.82) is 0 Å². The van der Waals surface area contributed by atoms with Crippen LogP contribution in [0.1, 0.15) is 15.9 Å². The molecule has 0 aliphatic heterocycles. The Kier molecular flexibility index (Phi) is 3.35. The van der Waals surface area contributed by atoms with E-state index in [0.29, 0.717) is 0 Å². The highest BCUT2D eigenvalue weighted by atomic mass is 19.4. The van der Waals surface area contributed by atoms with Gasteiger partial charge in [-0.3, -0.25) is 9.78 Å². The van der Waals surface area contributed by atoms with E-state index >= 15 is 0 Å². The van der Waals surface area contributed by atoms with Gasteiger partial charge in [0.1, 0.15) is 0 Å². The van der Waals surface area contributed by atoms with Gasteiger partial charge in [-0.2, -0.15) is 13.2 Å². The number of primary amides is 1. The molecule has 1 aromatic carbocycles. The van der Waals surface area contributed by atoms with Gasteiger partial charge in [-0.05, 0) is 12.1 Å². The number of alkyl halides is 3. The molecule has 0 saturated heterocycles. The monoisotopic (exact) mass is 281 g/mol. The second-order valence-corrected chi connectivity index (χ2v) is 4.06. The topological polar surface area (TPSA) is 82.0 Å². The molecule has 0 saturated carbocycles. The normalized spacial score (nSPS) is 11.3. The number of benzene rings is 1. The van der Waals surface area contributed by atoms with Gasteiger partial charge in [0.15, 0.2) is 0 Å². The lowest BCUT2D eigenvalue weighted by Gasteiger charge is -2.13. The number of carbonyl (C=O) groups is 1. The zero-order valence-electron chi connectivity index (χ0n) is 10.1. The molecule has 2 rings (SSSR count). The Morgan fingerprint density at radius 1 is 1.20 bits per heavy atom. The summed E-state index contributed by atoms with van der Waals surface area (Å²) in [6.45, 7) is 0. The molecule has 1 aromatic heterocycles. The van der Waals surface area contributed by atoms with Crippen LogP contribution in [0.4, 0.5) is 18.9 Å². The van der Waals surface area contributed by atoms with Gasteiger partial charge < -0.3 is 11.5 Å². The Balaban J connectivity index is 2.59. The van der Waals surface area contributed by atoms with Crippen LogP contribution in [0.2, 0.25) is 0 Å². The first-order chi connectivity index (χ1) is 9.30. The summed E-state index contributed by atoms with van der Waals surface area (Å²) in [7, 11) is 0. The third-order valence-corrected chi connectivity index (χ3v) is 2.71. The molecule has 0 bridgehead atoms. The Labute approximate surface area is 112 Å². The molecule has 0 atom stereocenters. The van der Waals surface area contributed by atoms with Crippen molar-refractivity contribution in [2.24, 2.45) is 5.73 Å². The van der Waals surface area contributed by atoms with E-state index in [-0.39, 0.29) is 22.5 Å². The van der Waals surface area contributed by atoms with Crippen LogP contribution < -0.4 is 11.5 Å². The van der Waals surface area contributed by atoms with Crippen LogP contribution in [0.25, 0.3) is 11.3 Å². The number of pyridine rings is 1. The second-order valence-electron chi connectivity index (χ2n) is 4.06. The number of nitrogen functional groups attached to an aromatic ring is 1. The number of hydrogen-bond acceptors (Lipinski definition) is 3. The summed E-state index contributed by atoms with van der Waals surface area (Å²) in [6.07, 6.45) is -3.43. The number of carbonyl (C=O) groups excluding carboxylic acids is 1. The minimum absolute atomic E-state index is 0.0144. The number of amides is 1. The smallest absolute Gasteiger partial charge is 0.398 e. The summed E-state index contributed by atoms with van der Waals surface area (Å²) in [5.41, 5.74) is 9.72. The lowest BCUT2D eigenvalue weighted by Crippen LogP contribution is -2.14. The van der Waals surface area contributed by atoms with Crippen molar-refractivity contribution in [3.63, 3.8) is 0 Å². The average Bonchev–Trinajstić information content (AvgIpc) is 2.37. The summed E-state index contributed by atoms with van der Waals surface area (Å²) < 4.78 is 38.7. The first-order valence-electron chi connectivity index (χ1n) is 5.52. The standard InChI is InChI=1S/C13H10F3N3O/c14-13(15,16)9-4-2-1-3-7(9)11-5-10(17)8(6-19-11)12(18)20/h1-6H,(H2,17,19)(H2,18,20). The van der Waals surface area contributed by atoms with Crippen molar-refractivity contribution in [2.75, 3.05) is 5.73 Å². The summed E-state index contributed by atoms with van der Waals surface area (Å²) in [4.78, 5) is 14.8. The first-order valence-corrected chi connectivity index (χ1v) is 5.52. The third-order valence-electron chi connectivity index (χ3n) is 2.71. The highest BCUT2D eigenvalue weighted by molar-refractivity contribution is 5.98. The fourth-order valence-corrected chi connectivity index (χ4v) is 1.78.